The average molecular weight is 395 g/mol. The predicted octanol–water partition coefficient (Wildman–Crippen LogP) is 0.171. The third-order valence-corrected chi connectivity index (χ3v) is 6.21. The summed E-state index contributed by atoms with van der Waals surface area (Å²) in [6.07, 6.45) is 3.83. The van der Waals surface area contributed by atoms with E-state index in [0.29, 0.717) is 19.0 Å². The fourth-order valence-electron chi connectivity index (χ4n) is 4.32. The zero-order valence-electron chi connectivity index (χ0n) is 17.1. The van der Waals surface area contributed by atoms with Crippen molar-refractivity contribution in [1.82, 2.24) is 19.6 Å². The van der Waals surface area contributed by atoms with E-state index in [2.05, 4.69) is 16.8 Å². The van der Waals surface area contributed by atoms with E-state index in [1.807, 2.05) is 4.90 Å². The highest BCUT2D eigenvalue weighted by Gasteiger charge is 2.28. The third kappa shape index (κ3) is 5.91. The molecule has 8 nitrogen and oxygen atoms in total. The molecule has 3 aliphatic rings. The highest BCUT2D eigenvalue weighted by molar-refractivity contribution is 5.81. The SMILES string of the molecule is CN1CCN(C2CCN(C(=O)CCC(=O)OCCN3CCCC3=O)CC2)CC1. The number of ether oxygens (including phenoxy) is 1. The molecular formula is C20H34N4O4. The number of esters is 1. The van der Waals surface area contributed by atoms with Crippen molar-refractivity contribution in [2.45, 2.75) is 44.6 Å². The molecule has 3 saturated heterocycles. The molecule has 0 bridgehead atoms. The highest BCUT2D eigenvalue weighted by atomic mass is 16.5. The van der Waals surface area contributed by atoms with Gasteiger partial charge in [0.25, 0.3) is 0 Å². The van der Waals surface area contributed by atoms with Crippen molar-refractivity contribution in [3.8, 4) is 0 Å². The molecule has 2 amide bonds. The van der Waals surface area contributed by atoms with Crippen LogP contribution in [0.2, 0.25) is 0 Å². The molecule has 0 spiro atoms. The van der Waals surface area contributed by atoms with E-state index in [1.54, 1.807) is 4.90 Å². The maximum Gasteiger partial charge on any atom is 0.306 e. The molecule has 0 saturated carbocycles. The minimum Gasteiger partial charge on any atom is -0.464 e. The number of hydrogen-bond acceptors (Lipinski definition) is 6. The lowest BCUT2D eigenvalue weighted by Crippen LogP contribution is -2.53. The highest BCUT2D eigenvalue weighted by Crippen LogP contribution is 2.19. The molecule has 0 aliphatic carbocycles. The number of carbonyl (C=O) groups excluding carboxylic acids is 3. The van der Waals surface area contributed by atoms with Crippen molar-refractivity contribution in [3.63, 3.8) is 0 Å². The molecule has 0 unspecified atom stereocenters. The Hall–Kier alpha value is -1.67. The van der Waals surface area contributed by atoms with Crippen LogP contribution in [0.25, 0.3) is 0 Å². The fourth-order valence-corrected chi connectivity index (χ4v) is 4.32. The maximum atomic E-state index is 12.4. The monoisotopic (exact) mass is 394 g/mol. The zero-order valence-corrected chi connectivity index (χ0v) is 17.1. The lowest BCUT2D eigenvalue weighted by molar-refractivity contribution is -0.147. The van der Waals surface area contributed by atoms with Crippen LogP contribution in [0.4, 0.5) is 0 Å². The third-order valence-electron chi connectivity index (χ3n) is 6.21. The fraction of sp³-hybridized carbons (Fsp3) is 0.850. The van der Waals surface area contributed by atoms with E-state index in [9.17, 15) is 14.4 Å². The molecule has 0 aromatic rings. The van der Waals surface area contributed by atoms with Gasteiger partial charge in [-0.05, 0) is 26.3 Å². The van der Waals surface area contributed by atoms with Crippen molar-refractivity contribution in [1.29, 1.82) is 0 Å². The second kappa shape index (κ2) is 10.2. The minimum atomic E-state index is -0.354. The van der Waals surface area contributed by atoms with Gasteiger partial charge in [-0.3, -0.25) is 19.3 Å². The van der Waals surface area contributed by atoms with Crippen molar-refractivity contribution in [3.05, 3.63) is 0 Å². The number of rotatable bonds is 7. The molecular weight excluding hydrogens is 360 g/mol. The van der Waals surface area contributed by atoms with E-state index >= 15 is 0 Å². The molecule has 0 N–H and O–H groups in total. The summed E-state index contributed by atoms with van der Waals surface area (Å²) < 4.78 is 5.18. The van der Waals surface area contributed by atoms with Gasteiger partial charge in [0, 0.05) is 64.7 Å². The first-order valence-corrected chi connectivity index (χ1v) is 10.7. The van der Waals surface area contributed by atoms with Crippen LogP contribution >= 0.6 is 0 Å². The van der Waals surface area contributed by atoms with Gasteiger partial charge in [0.05, 0.1) is 13.0 Å². The molecule has 3 rings (SSSR count). The average Bonchev–Trinajstić information content (AvgIpc) is 3.12. The second-order valence-electron chi connectivity index (χ2n) is 8.16. The summed E-state index contributed by atoms with van der Waals surface area (Å²) in [5, 5.41) is 0. The number of piperidine rings is 1. The Morgan fingerprint density at radius 3 is 2.36 bits per heavy atom. The molecule has 3 aliphatic heterocycles. The minimum absolute atomic E-state index is 0.0449. The standard InChI is InChI=1S/C20H34N4O4/c1-21-11-13-22(14-12-21)17-6-9-24(10-7-17)19(26)4-5-20(27)28-16-15-23-8-2-3-18(23)25/h17H,2-16H2,1H3. The number of likely N-dealkylation sites (N-methyl/N-ethyl adjacent to an activating group) is 1. The van der Waals surface area contributed by atoms with Gasteiger partial charge in [0.1, 0.15) is 6.61 Å². The Morgan fingerprint density at radius 2 is 1.71 bits per heavy atom. The van der Waals surface area contributed by atoms with Gasteiger partial charge in [0.15, 0.2) is 0 Å². The first kappa shape index (κ1) is 21.0. The van der Waals surface area contributed by atoms with E-state index < -0.39 is 0 Å². The Bertz CT molecular complexity index is 554. The molecule has 0 radical (unpaired) electrons. The first-order valence-electron chi connectivity index (χ1n) is 10.7. The lowest BCUT2D eigenvalue weighted by Gasteiger charge is -2.42. The topological polar surface area (TPSA) is 73.4 Å². The number of carbonyl (C=O) groups is 3. The van der Waals surface area contributed by atoms with Crippen LogP contribution in [0, 0.1) is 0 Å². The number of hydrogen-bond donors (Lipinski definition) is 0. The van der Waals surface area contributed by atoms with Gasteiger partial charge in [-0.15, -0.1) is 0 Å². The summed E-state index contributed by atoms with van der Waals surface area (Å²) in [5.41, 5.74) is 0. The summed E-state index contributed by atoms with van der Waals surface area (Å²) in [6.45, 7) is 7.45. The normalized spacial score (nSPS) is 22.7. The number of likely N-dealkylation sites (tertiary alicyclic amines) is 2. The molecule has 0 aromatic heterocycles. The Labute approximate surface area is 167 Å². The maximum absolute atomic E-state index is 12.4. The van der Waals surface area contributed by atoms with E-state index in [4.69, 9.17) is 4.74 Å². The molecule has 0 aromatic carbocycles. The second-order valence-corrected chi connectivity index (χ2v) is 8.16. The van der Waals surface area contributed by atoms with Crippen molar-refractivity contribution < 1.29 is 19.1 Å². The van der Waals surface area contributed by atoms with Gasteiger partial charge < -0.3 is 19.4 Å². The molecule has 8 heteroatoms. The molecule has 28 heavy (non-hydrogen) atoms. The van der Waals surface area contributed by atoms with Gasteiger partial charge in [-0.1, -0.05) is 0 Å². The largest absolute Gasteiger partial charge is 0.464 e. The van der Waals surface area contributed by atoms with E-state index in [1.165, 1.54) is 0 Å². The van der Waals surface area contributed by atoms with Crippen molar-refractivity contribution >= 4 is 17.8 Å². The molecule has 158 valence electrons. The van der Waals surface area contributed by atoms with Crippen molar-refractivity contribution in [2.75, 3.05) is 66.0 Å². The Kier molecular flexibility index (Phi) is 7.67. The zero-order chi connectivity index (χ0) is 19.9. The lowest BCUT2D eigenvalue weighted by atomic mass is 10.0. The summed E-state index contributed by atoms with van der Waals surface area (Å²) >= 11 is 0. The number of piperazine rings is 1. The van der Waals surface area contributed by atoms with Gasteiger partial charge in [0.2, 0.25) is 11.8 Å². The smallest absolute Gasteiger partial charge is 0.306 e. The number of nitrogens with zero attached hydrogens (tertiary/aromatic N) is 4. The molecule has 0 atom stereocenters. The van der Waals surface area contributed by atoms with Crippen LogP contribution in [0.15, 0.2) is 0 Å². The summed E-state index contributed by atoms with van der Waals surface area (Å²) in [5.74, 6) is -0.179. The number of amides is 2. The summed E-state index contributed by atoms with van der Waals surface area (Å²) in [7, 11) is 2.16. The van der Waals surface area contributed by atoms with Crippen molar-refractivity contribution in [2.24, 2.45) is 0 Å². The first-order chi connectivity index (χ1) is 13.5. The van der Waals surface area contributed by atoms with Gasteiger partial charge in [-0.2, -0.15) is 0 Å². The van der Waals surface area contributed by atoms with Crippen LogP contribution in [0.5, 0.6) is 0 Å². The van der Waals surface area contributed by atoms with Gasteiger partial charge in [-0.25, -0.2) is 0 Å². The predicted molar refractivity (Wildman–Crippen MR) is 105 cm³/mol. The van der Waals surface area contributed by atoms with Crippen LogP contribution in [0.1, 0.15) is 38.5 Å². The van der Waals surface area contributed by atoms with Crippen LogP contribution in [-0.4, -0.2) is 109 Å². The van der Waals surface area contributed by atoms with Gasteiger partial charge >= 0.3 is 5.97 Å². The molecule has 3 fully saturated rings. The summed E-state index contributed by atoms with van der Waals surface area (Å²) in [4.78, 5) is 44.3. The molecule has 3 heterocycles. The van der Waals surface area contributed by atoms with Crippen LogP contribution in [0.3, 0.4) is 0 Å². The summed E-state index contributed by atoms with van der Waals surface area (Å²) in [6, 6.07) is 0.580. The van der Waals surface area contributed by atoms with Crippen LogP contribution in [-0.2, 0) is 19.1 Å². The Morgan fingerprint density at radius 1 is 1.00 bits per heavy atom. The van der Waals surface area contributed by atoms with E-state index in [0.717, 1.165) is 65.1 Å². The Balaban J connectivity index is 1.28. The van der Waals surface area contributed by atoms with Crippen LogP contribution < -0.4 is 0 Å². The quantitative estimate of drug-likeness (QED) is 0.573. The van der Waals surface area contributed by atoms with E-state index in [-0.39, 0.29) is 37.2 Å².